The van der Waals surface area contributed by atoms with Gasteiger partial charge >= 0.3 is 12.5 Å². The number of carbonyl (C=O) groups is 1. The van der Waals surface area contributed by atoms with E-state index < -0.39 is 24.3 Å². The summed E-state index contributed by atoms with van der Waals surface area (Å²) in [4.78, 5) is 20.8. The van der Waals surface area contributed by atoms with Gasteiger partial charge < -0.3 is 23.7 Å². The Hall–Kier alpha value is -4.74. The lowest BCUT2D eigenvalue weighted by Gasteiger charge is -2.16. The second-order valence-electron chi connectivity index (χ2n) is 7.82. The topological polar surface area (TPSA) is 101 Å². The third-order valence-corrected chi connectivity index (χ3v) is 5.26. The number of halogens is 3. The Bertz CT molecular complexity index is 1430. The quantitative estimate of drug-likeness (QED) is 0.271. The molecule has 1 atom stereocenters. The zero-order valence-corrected chi connectivity index (χ0v) is 20.4. The van der Waals surface area contributed by atoms with E-state index in [0.717, 1.165) is 12.1 Å². The monoisotopic (exact) mass is 529 g/mol. The van der Waals surface area contributed by atoms with E-state index in [1.165, 1.54) is 39.6 Å². The molecule has 3 aromatic carbocycles. The normalized spacial score (nSPS) is 11.9. The van der Waals surface area contributed by atoms with E-state index in [-0.39, 0.29) is 0 Å². The smallest absolute Gasteiger partial charge is 0.493 e. The molecule has 1 N–H and O–H groups in total. The molecule has 38 heavy (non-hydrogen) atoms. The van der Waals surface area contributed by atoms with Crippen molar-refractivity contribution >= 4 is 22.7 Å². The molecule has 0 radical (unpaired) electrons. The number of anilines is 1. The number of ether oxygens (including phenoxy) is 5. The van der Waals surface area contributed by atoms with Gasteiger partial charge in [0.05, 0.1) is 25.1 Å². The molecule has 1 heterocycles. The molecule has 0 fully saturated rings. The van der Waals surface area contributed by atoms with Gasteiger partial charge in [0.15, 0.2) is 11.5 Å². The molecular weight excluding hydrogens is 507 g/mol. The lowest BCUT2D eigenvalue weighted by molar-refractivity contribution is -0.274. The average Bonchev–Trinajstić information content (AvgIpc) is 2.88. The number of nitrogens with zero attached hydrogens (tertiary/aromatic N) is 2. The Morgan fingerprint density at radius 1 is 0.921 bits per heavy atom. The second-order valence-corrected chi connectivity index (χ2v) is 7.82. The number of fused-ring (bicyclic) bond motifs is 1. The van der Waals surface area contributed by atoms with Crippen LogP contribution in [-0.4, -0.2) is 36.6 Å². The molecule has 198 valence electrons. The summed E-state index contributed by atoms with van der Waals surface area (Å²) in [7, 11) is 3.05. The largest absolute Gasteiger partial charge is 0.573 e. The van der Waals surface area contributed by atoms with Gasteiger partial charge in [-0.1, -0.05) is 12.1 Å². The number of amides is 1. The first-order valence-electron chi connectivity index (χ1n) is 11.1. The summed E-state index contributed by atoms with van der Waals surface area (Å²) in [6.07, 6.45) is -5.09. The summed E-state index contributed by atoms with van der Waals surface area (Å²) in [5.41, 5.74) is 1.33. The molecule has 4 aromatic rings. The minimum absolute atomic E-state index is 0.293. The minimum atomic E-state index is -4.82. The number of methoxy groups -OCH3 is 2. The fourth-order valence-electron chi connectivity index (χ4n) is 3.50. The highest BCUT2D eigenvalue weighted by molar-refractivity contribution is 5.87. The van der Waals surface area contributed by atoms with Crippen molar-refractivity contribution in [2.75, 3.05) is 19.5 Å². The SMILES string of the molecule is COc1cc2ncnc(Oc3ccc(NC(=O)OC(C)c4cccc(OC(F)(F)F)c4)cc3)c2cc1OC. The van der Waals surface area contributed by atoms with Crippen molar-refractivity contribution < 1.29 is 41.7 Å². The van der Waals surface area contributed by atoms with Crippen LogP contribution in [0.25, 0.3) is 10.9 Å². The van der Waals surface area contributed by atoms with Crippen LogP contribution in [0.1, 0.15) is 18.6 Å². The number of nitrogens with one attached hydrogen (secondary N) is 1. The van der Waals surface area contributed by atoms with E-state index in [1.54, 1.807) is 36.4 Å². The molecule has 1 amide bonds. The molecule has 0 bridgehead atoms. The van der Waals surface area contributed by atoms with Gasteiger partial charge in [-0.25, -0.2) is 14.8 Å². The maximum Gasteiger partial charge on any atom is 0.573 e. The van der Waals surface area contributed by atoms with Crippen LogP contribution >= 0.6 is 0 Å². The van der Waals surface area contributed by atoms with Crippen LogP contribution in [0.2, 0.25) is 0 Å². The minimum Gasteiger partial charge on any atom is -0.493 e. The summed E-state index contributed by atoms with van der Waals surface area (Å²) >= 11 is 0. The van der Waals surface area contributed by atoms with Gasteiger partial charge in [-0.05, 0) is 55.0 Å². The van der Waals surface area contributed by atoms with Crippen LogP contribution in [0.4, 0.5) is 23.7 Å². The van der Waals surface area contributed by atoms with Crippen molar-refractivity contribution in [1.29, 1.82) is 0 Å². The molecule has 0 aliphatic heterocycles. The van der Waals surface area contributed by atoms with E-state index in [9.17, 15) is 18.0 Å². The van der Waals surface area contributed by atoms with Crippen LogP contribution < -0.4 is 24.3 Å². The molecule has 0 saturated heterocycles. The molecule has 0 aliphatic rings. The lowest BCUT2D eigenvalue weighted by atomic mass is 10.1. The number of benzene rings is 3. The molecular formula is C26H22F3N3O6. The third kappa shape index (κ3) is 6.52. The standard InChI is InChI=1S/C26H22F3N3O6/c1-15(16-5-4-6-19(11-16)38-26(27,28)29)36-25(33)32-17-7-9-18(10-8-17)37-24-20-12-22(34-2)23(35-3)13-21(20)30-14-31-24/h4-15H,1-3H3,(H,32,33). The summed E-state index contributed by atoms with van der Waals surface area (Å²) in [6.45, 7) is 1.53. The van der Waals surface area contributed by atoms with Crippen LogP contribution in [0.3, 0.4) is 0 Å². The van der Waals surface area contributed by atoms with Gasteiger partial charge in [0.1, 0.15) is 23.9 Å². The predicted molar refractivity (Wildman–Crippen MR) is 131 cm³/mol. The Labute approximate surface area is 215 Å². The van der Waals surface area contributed by atoms with Gasteiger partial charge in [-0.15, -0.1) is 13.2 Å². The van der Waals surface area contributed by atoms with Crippen LogP contribution in [-0.2, 0) is 4.74 Å². The van der Waals surface area contributed by atoms with Crippen molar-refractivity contribution in [3.05, 3.63) is 72.6 Å². The summed E-state index contributed by atoms with van der Waals surface area (Å²) in [6, 6.07) is 15.0. The fourth-order valence-corrected chi connectivity index (χ4v) is 3.50. The molecule has 4 rings (SSSR count). The maximum atomic E-state index is 12.5. The molecule has 1 unspecified atom stereocenters. The number of carbonyl (C=O) groups excluding carboxylic acids is 1. The lowest BCUT2D eigenvalue weighted by Crippen LogP contribution is -2.18. The van der Waals surface area contributed by atoms with Crippen molar-refractivity contribution in [3.63, 3.8) is 0 Å². The fraction of sp³-hybridized carbons (Fsp3) is 0.192. The van der Waals surface area contributed by atoms with Crippen LogP contribution in [0.15, 0.2) is 67.0 Å². The summed E-state index contributed by atoms with van der Waals surface area (Å²) in [5, 5.41) is 3.17. The molecule has 9 nitrogen and oxygen atoms in total. The number of aromatic nitrogens is 2. The summed E-state index contributed by atoms with van der Waals surface area (Å²) < 4.78 is 63.1. The maximum absolute atomic E-state index is 12.5. The molecule has 0 spiro atoms. The third-order valence-electron chi connectivity index (χ3n) is 5.26. The Kier molecular flexibility index (Phi) is 7.70. The van der Waals surface area contributed by atoms with Crippen LogP contribution in [0.5, 0.6) is 28.9 Å². The van der Waals surface area contributed by atoms with Gasteiger partial charge in [0.25, 0.3) is 0 Å². The highest BCUT2D eigenvalue weighted by Crippen LogP contribution is 2.36. The van der Waals surface area contributed by atoms with E-state index >= 15 is 0 Å². The van der Waals surface area contributed by atoms with E-state index in [0.29, 0.717) is 45.3 Å². The van der Waals surface area contributed by atoms with E-state index in [4.69, 9.17) is 18.9 Å². The zero-order valence-electron chi connectivity index (χ0n) is 20.4. The Balaban J connectivity index is 1.40. The number of hydrogen-bond acceptors (Lipinski definition) is 8. The Morgan fingerprint density at radius 2 is 1.63 bits per heavy atom. The first-order chi connectivity index (χ1) is 18.1. The molecule has 0 saturated carbocycles. The van der Waals surface area contributed by atoms with Crippen LogP contribution in [0, 0.1) is 0 Å². The molecule has 12 heteroatoms. The zero-order chi connectivity index (χ0) is 27.3. The van der Waals surface area contributed by atoms with Gasteiger partial charge in [0.2, 0.25) is 5.88 Å². The number of alkyl halides is 3. The van der Waals surface area contributed by atoms with E-state index in [2.05, 4.69) is 20.0 Å². The number of rotatable bonds is 8. The highest BCUT2D eigenvalue weighted by Gasteiger charge is 2.31. The predicted octanol–water partition coefficient (Wildman–Crippen LogP) is 6.65. The highest BCUT2D eigenvalue weighted by atomic mass is 19.4. The van der Waals surface area contributed by atoms with Crippen molar-refractivity contribution in [2.45, 2.75) is 19.4 Å². The van der Waals surface area contributed by atoms with Gasteiger partial charge in [-0.3, -0.25) is 5.32 Å². The first-order valence-corrected chi connectivity index (χ1v) is 11.1. The number of hydrogen-bond donors (Lipinski definition) is 1. The van der Waals surface area contributed by atoms with Gasteiger partial charge in [-0.2, -0.15) is 0 Å². The van der Waals surface area contributed by atoms with Crippen molar-refractivity contribution in [2.24, 2.45) is 0 Å². The first kappa shape index (κ1) is 26.3. The van der Waals surface area contributed by atoms with Crippen molar-refractivity contribution in [1.82, 2.24) is 9.97 Å². The molecule has 0 aliphatic carbocycles. The van der Waals surface area contributed by atoms with Gasteiger partial charge in [0, 0.05) is 11.8 Å². The van der Waals surface area contributed by atoms with Crippen molar-refractivity contribution in [3.8, 4) is 28.9 Å². The molecule has 1 aromatic heterocycles. The van der Waals surface area contributed by atoms with E-state index in [1.807, 2.05) is 0 Å². The second kappa shape index (κ2) is 11.1. The average molecular weight is 529 g/mol. The Morgan fingerprint density at radius 3 is 2.32 bits per heavy atom. The summed E-state index contributed by atoms with van der Waals surface area (Å²) in [5.74, 6) is 1.33.